The Morgan fingerprint density at radius 3 is 2.43 bits per heavy atom. The molecule has 1 heterocycles. The molecule has 0 bridgehead atoms. The highest BCUT2D eigenvalue weighted by Crippen LogP contribution is 2.23. The van der Waals surface area contributed by atoms with Gasteiger partial charge in [0, 0.05) is 10.6 Å². The SMILES string of the molecule is O=c1c2ccccc2nc(-c2ccccc2F)n1NCc1c(F)cccc1Cl. The number of nitrogens with one attached hydrogen (secondary N) is 1. The van der Waals surface area contributed by atoms with Crippen molar-refractivity contribution in [3.05, 3.63) is 99.3 Å². The van der Waals surface area contributed by atoms with Gasteiger partial charge in [0.05, 0.1) is 23.0 Å². The molecule has 0 saturated carbocycles. The van der Waals surface area contributed by atoms with Crippen LogP contribution in [0.1, 0.15) is 5.56 Å². The fraction of sp³-hybridized carbons (Fsp3) is 0.0476. The predicted molar refractivity (Wildman–Crippen MR) is 106 cm³/mol. The van der Waals surface area contributed by atoms with E-state index in [-0.39, 0.29) is 28.5 Å². The number of aromatic nitrogens is 2. The van der Waals surface area contributed by atoms with Gasteiger partial charge >= 0.3 is 0 Å². The van der Waals surface area contributed by atoms with Gasteiger partial charge in [-0.1, -0.05) is 41.9 Å². The molecule has 3 aromatic carbocycles. The molecular weight excluding hydrogens is 384 g/mol. The first kappa shape index (κ1) is 18.1. The van der Waals surface area contributed by atoms with Crippen molar-refractivity contribution >= 4 is 22.5 Å². The molecule has 1 aromatic heterocycles. The summed E-state index contributed by atoms with van der Waals surface area (Å²) in [7, 11) is 0. The number of para-hydroxylation sites is 1. The molecule has 0 fully saturated rings. The van der Waals surface area contributed by atoms with Gasteiger partial charge in [-0.15, -0.1) is 0 Å². The van der Waals surface area contributed by atoms with Crippen LogP contribution in [0.5, 0.6) is 0 Å². The second kappa shape index (κ2) is 7.40. The largest absolute Gasteiger partial charge is 0.317 e. The number of nitrogens with zero attached hydrogens (tertiary/aromatic N) is 2. The summed E-state index contributed by atoms with van der Waals surface area (Å²) in [6.07, 6.45) is 0. The van der Waals surface area contributed by atoms with Crippen LogP contribution in [0.3, 0.4) is 0 Å². The maximum atomic E-state index is 14.4. The third-order valence-electron chi connectivity index (χ3n) is 4.37. The summed E-state index contributed by atoms with van der Waals surface area (Å²) in [5, 5.41) is 0.580. The Morgan fingerprint density at radius 1 is 0.929 bits per heavy atom. The lowest BCUT2D eigenvalue weighted by Crippen LogP contribution is -2.31. The van der Waals surface area contributed by atoms with Crippen LogP contribution in [-0.4, -0.2) is 9.66 Å². The molecule has 0 spiro atoms. The second-order valence-corrected chi connectivity index (χ2v) is 6.52. The quantitative estimate of drug-likeness (QED) is 0.541. The summed E-state index contributed by atoms with van der Waals surface area (Å²) in [6, 6.07) is 17.1. The second-order valence-electron chi connectivity index (χ2n) is 6.11. The normalized spacial score (nSPS) is 11.0. The van der Waals surface area contributed by atoms with Crippen LogP contribution in [0, 0.1) is 11.6 Å². The van der Waals surface area contributed by atoms with Gasteiger partial charge in [0.15, 0.2) is 5.82 Å². The minimum absolute atomic E-state index is 0.0765. The summed E-state index contributed by atoms with van der Waals surface area (Å²) in [5.74, 6) is -0.937. The van der Waals surface area contributed by atoms with E-state index in [1.54, 1.807) is 42.5 Å². The number of hydrogen-bond acceptors (Lipinski definition) is 3. The molecule has 0 amide bonds. The molecule has 0 radical (unpaired) electrons. The predicted octanol–water partition coefficient (Wildman–Crippen LogP) is 4.74. The van der Waals surface area contributed by atoms with Crippen LogP contribution in [-0.2, 0) is 6.54 Å². The third kappa shape index (κ3) is 3.23. The van der Waals surface area contributed by atoms with E-state index in [4.69, 9.17) is 11.6 Å². The Kier molecular flexibility index (Phi) is 4.79. The van der Waals surface area contributed by atoms with E-state index < -0.39 is 17.2 Å². The average Bonchev–Trinajstić information content (AvgIpc) is 2.69. The standard InChI is InChI=1S/C21H14ClF2N3O/c22-16-8-5-10-18(24)15(16)12-25-27-20(13-6-1-3-9-17(13)23)26-19-11-4-2-7-14(19)21(27)28/h1-11,25H,12H2. The van der Waals surface area contributed by atoms with Crippen molar-refractivity contribution in [3.63, 3.8) is 0 Å². The lowest BCUT2D eigenvalue weighted by molar-refractivity contribution is 0.607. The smallest absolute Gasteiger partial charge is 0.280 e. The van der Waals surface area contributed by atoms with Crippen LogP contribution >= 0.6 is 11.6 Å². The lowest BCUT2D eigenvalue weighted by Gasteiger charge is -2.16. The molecule has 0 aliphatic carbocycles. The van der Waals surface area contributed by atoms with Crippen molar-refractivity contribution in [1.82, 2.24) is 9.66 Å². The number of fused-ring (bicyclic) bond motifs is 1. The van der Waals surface area contributed by atoms with Crippen molar-refractivity contribution in [2.24, 2.45) is 0 Å². The van der Waals surface area contributed by atoms with Crippen molar-refractivity contribution in [2.45, 2.75) is 6.54 Å². The van der Waals surface area contributed by atoms with Gasteiger partial charge in [0.25, 0.3) is 5.56 Å². The number of benzene rings is 3. The Morgan fingerprint density at radius 2 is 1.64 bits per heavy atom. The Labute approximate surface area is 164 Å². The maximum Gasteiger partial charge on any atom is 0.280 e. The summed E-state index contributed by atoms with van der Waals surface area (Å²) >= 11 is 6.07. The molecule has 4 aromatic rings. The first-order valence-corrected chi connectivity index (χ1v) is 8.87. The van der Waals surface area contributed by atoms with E-state index in [1.807, 2.05) is 0 Å². The van der Waals surface area contributed by atoms with Gasteiger partial charge in [-0.05, 0) is 36.4 Å². The van der Waals surface area contributed by atoms with E-state index >= 15 is 0 Å². The van der Waals surface area contributed by atoms with Crippen LogP contribution in [0.15, 0.2) is 71.5 Å². The van der Waals surface area contributed by atoms with Crippen molar-refractivity contribution in [1.29, 1.82) is 0 Å². The van der Waals surface area contributed by atoms with Gasteiger partial charge in [0.2, 0.25) is 0 Å². The molecule has 4 rings (SSSR count). The zero-order valence-electron chi connectivity index (χ0n) is 14.5. The molecule has 28 heavy (non-hydrogen) atoms. The van der Waals surface area contributed by atoms with Crippen LogP contribution in [0.2, 0.25) is 5.02 Å². The van der Waals surface area contributed by atoms with Gasteiger partial charge in [-0.25, -0.2) is 18.4 Å². The van der Waals surface area contributed by atoms with Crippen LogP contribution in [0.25, 0.3) is 22.3 Å². The first-order valence-electron chi connectivity index (χ1n) is 8.49. The minimum atomic E-state index is -0.524. The van der Waals surface area contributed by atoms with Crippen LogP contribution in [0.4, 0.5) is 8.78 Å². The van der Waals surface area contributed by atoms with Crippen molar-refractivity contribution < 1.29 is 8.78 Å². The monoisotopic (exact) mass is 397 g/mol. The molecule has 0 atom stereocenters. The fourth-order valence-electron chi connectivity index (χ4n) is 2.96. The Bertz CT molecular complexity index is 1220. The van der Waals surface area contributed by atoms with E-state index in [1.165, 1.54) is 24.3 Å². The van der Waals surface area contributed by atoms with E-state index in [9.17, 15) is 13.6 Å². The van der Waals surface area contributed by atoms with E-state index in [2.05, 4.69) is 10.4 Å². The summed E-state index contributed by atoms with van der Waals surface area (Å²) in [5.41, 5.74) is 3.21. The van der Waals surface area contributed by atoms with E-state index in [0.29, 0.717) is 10.9 Å². The lowest BCUT2D eigenvalue weighted by atomic mass is 10.1. The molecule has 4 nitrogen and oxygen atoms in total. The van der Waals surface area contributed by atoms with Crippen molar-refractivity contribution in [3.8, 4) is 11.4 Å². The highest BCUT2D eigenvalue weighted by atomic mass is 35.5. The fourth-order valence-corrected chi connectivity index (χ4v) is 3.19. The van der Waals surface area contributed by atoms with Crippen molar-refractivity contribution in [2.75, 3.05) is 5.43 Å². The summed E-state index contributed by atoms with van der Waals surface area (Å²) < 4.78 is 29.6. The topological polar surface area (TPSA) is 46.9 Å². The van der Waals surface area contributed by atoms with Crippen LogP contribution < -0.4 is 11.0 Å². The summed E-state index contributed by atoms with van der Waals surface area (Å²) in [6.45, 7) is -0.0765. The zero-order chi connectivity index (χ0) is 19.7. The maximum absolute atomic E-state index is 14.4. The van der Waals surface area contributed by atoms with Gasteiger partial charge in [0.1, 0.15) is 11.6 Å². The molecule has 0 aliphatic heterocycles. The molecule has 140 valence electrons. The molecule has 0 unspecified atom stereocenters. The first-order chi connectivity index (χ1) is 13.6. The average molecular weight is 398 g/mol. The Hall–Kier alpha value is -3.25. The number of halogens is 3. The van der Waals surface area contributed by atoms with Gasteiger partial charge < -0.3 is 5.43 Å². The molecular formula is C21H14ClF2N3O. The molecule has 1 N–H and O–H groups in total. The molecule has 7 heteroatoms. The summed E-state index contributed by atoms with van der Waals surface area (Å²) in [4.78, 5) is 17.5. The Balaban J connectivity index is 1.88. The highest BCUT2D eigenvalue weighted by Gasteiger charge is 2.16. The van der Waals surface area contributed by atoms with E-state index in [0.717, 1.165) is 4.68 Å². The molecule has 0 aliphatic rings. The number of hydrogen-bond donors (Lipinski definition) is 1. The zero-order valence-corrected chi connectivity index (χ0v) is 15.3. The van der Waals surface area contributed by atoms with Gasteiger partial charge in [-0.3, -0.25) is 4.79 Å². The highest BCUT2D eigenvalue weighted by molar-refractivity contribution is 6.31. The van der Waals surface area contributed by atoms with Gasteiger partial charge in [-0.2, -0.15) is 0 Å². The minimum Gasteiger partial charge on any atom is -0.317 e. The third-order valence-corrected chi connectivity index (χ3v) is 4.72. The molecule has 0 saturated heterocycles. The number of rotatable bonds is 4.